The number of aliphatic carboxylic acids is 1. The molecule has 1 N–H and O–H groups in total. The van der Waals surface area contributed by atoms with Crippen LogP contribution in [-0.4, -0.2) is 17.9 Å². The maximum Gasteiger partial charge on any atom is 0.303 e. The Bertz CT molecular complexity index is 496. The minimum absolute atomic E-state index is 0.0615. The summed E-state index contributed by atoms with van der Waals surface area (Å²) in [5.74, 6) is 1.21. The molecule has 1 atom stereocenters. The third kappa shape index (κ3) is 2.07. The number of hydrogen-bond donors (Lipinski definition) is 1. The molecule has 1 aliphatic carbocycles. The summed E-state index contributed by atoms with van der Waals surface area (Å²) in [6.45, 7) is 0.227. The molecule has 0 amide bonds. The maximum atomic E-state index is 11.0. The Morgan fingerprint density at radius 1 is 1.44 bits per heavy atom. The van der Waals surface area contributed by atoms with Gasteiger partial charge in [0.15, 0.2) is 11.5 Å². The molecular weight excluding hydrogens is 300 g/mol. The molecule has 1 heterocycles. The van der Waals surface area contributed by atoms with Crippen molar-refractivity contribution in [2.45, 2.75) is 25.2 Å². The van der Waals surface area contributed by atoms with Crippen LogP contribution in [0.5, 0.6) is 11.5 Å². The van der Waals surface area contributed by atoms with Crippen LogP contribution in [0.25, 0.3) is 0 Å². The van der Waals surface area contributed by atoms with Crippen LogP contribution in [0, 0.1) is 5.92 Å². The lowest BCUT2D eigenvalue weighted by Gasteiger charge is -2.17. The third-order valence-corrected chi connectivity index (χ3v) is 4.31. The van der Waals surface area contributed by atoms with Crippen LogP contribution >= 0.6 is 15.9 Å². The number of benzene rings is 1. The molecule has 0 aromatic heterocycles. The lowest BCUT2D eigenvalue weighted by atomic mass is 9.91. The summed E-state index contributed by atoms with van der Waals surface area (Å²) in [4.78, 5) is 11.0. The molecular formula is C13H13BrO4. The van der Waals surface area contributed by atoms with Crippen molar-refractivity contribution >= 4 is 21.9 Å². The first-order valence-electron chi connectivity index (χ1n) is 5.96. The second-order valence-electron chi connectivity index (χ2n) is 4.74. The van der Waals surface area contributed by atoms with Gasteiger partial charge in [0.05, 0.1) is 10.9 Å². The van der Waals surface area contributed by atoms with E-state index in [4.69, 9.17) is 14.6 Å². The first kappa shape index (κ1) is 11.8. The van der Waals surface area contributed by atoms with E-state index >= 15 is 0 Å². The van der Waals surface area contributed by atoms with Gasteiger partial charge in [0, 0.05) is 0 Å². The van der Waals surface area contributed by atoms with Gasteiger partial charge in [-0.3, -0.25) is 4.79 Å². The van der Waals surface area contributed by atoms with Crippen LogP contribution in [0.15, 0.2) is 16.6 Å². The highest BCUT2D eigenvalue weighted by atomic mass is 79.9. The fourth-order valence-corrected chi connectivity index (χ4v) is 3.19. The molecule has 2 aliphatic rings. The summed E-state index contributed by atoms with van der Waals surface area (Å²) < 4.78 is 11.6. The SMILES string of the molecule is O=C(O)CC(c1ccc2c(c1Br)OCO2)C1CC1. The molecule has 1 aromatic rings. The van der Waals surface area contributed by atoms with E-state index in [9.17, 15) is 4.79 Å². The van der Waals surface area contributed by atoms with Crippen LogP contribution in [0.2, 0.25) is 0 Å². The van der Waals surface area contributed by atoms with Gasteiger partial charge >= 0.3 is 5.97 Å². The van der Waals surface area contributed by atoms with Crippen molar-refractivity contribution in [2.75, 3.05) is 6.79 Å². The first-order chi connectivity index (χ1) is 8.66. The molecule has 1 fully saturated rings. The van der Waals surface area contributed by atoms with E-state index in [1.165, 1.54) is 0 Å². The van der Waals surface area contributed by atoms with Gasteiger partial charge in [-0.25, -0.2) is 0 Å². The van der Waals surface area contributed by atoms with Gasteiger partial charge in [-0.1, -0.05) is 6.07 Å². The van der Waals surface area contributed by atoms with Crippen LogP contribution in [0.4, 0.5) is 0 Å². The van der Waals surface area contributed by atoms with Crippen molar-refractivity contribution in [2.24, 2.45) is 5.92 Å². The highest BCUT2D eigenvalue weighted by Gasteiger charge is 2.36. The Morgan fingerprint density at radius 3 is 2.89 bits per heavy atom. The summed E-state index contributed by atoms with van der Waals surface area (Å²) in [5.41, 5.74) is 1.02. The monoisotopic (exact) mass is 312 g/mol. The standard InChI is InChI=1S/C13H13BrO4/c14-12-8(3-4-10-13(12)18-6-17-10)9(5-11(15)16)7-1-2-7/h3-4,7,9H,1-2,5-6H2,(H,15,16). The molecule has 0 radical (unpaired) electrons. The van der Waals surface area contributed by atoms with Crippen molar-refractivity contribution in [1.82, 2.24) is 0 Å². The highest BCUT2D eigenvalue weighted by Crippen LogP contribution is 2.50. The molecule has 1 unspecified atom stereocenters. The van der Waals surface area contributed by atoms with Crippen LogP contribution in [-0.2, 0) is 4.79 Å². The molecule has 1 aromatic carbocycles. The van der Waals surface area contributed by atoms with E-state index in [1.807, 2.05) is 12.1 Å². The lowest BCUT2D eigenvalue weighted by molar-refractivity contribution is -0.137. The van der Waals surface area contributed by atoms with E-state index in [0.717, 1.165) is 28.6 Å². The smallest absolute Gasteiger partial charge is 0.303 e. The van der Waals surface area contributed by atoms with E-state index in [-0.39, 0.29) is 19.1 Å². The third-order valence-electron chi connectivity index (χ3n) is 3.49. The number of fused-ring (bicyclic) bond motifs is 1. The number of carbonyl (C=O) groups is 1. The average Bonchev–Trinajstić information content (AvgIpc) is 3.05. The Kier molecular flexibility index (Phi) is 2.93. The van der Waals surface area contributed by atoms with E-state index in [2.05, 4.69) is 15.9 Å². The van der Waals surface area contributed by atoms with Gasteiger partial charge in [0.2, 0.25) is 6.79 Å². The van der Waals surface area contributed by atoms with Crippen molar-refractivity contribution in [1.29, 1.82) is 0 Å². The molecule has 0 bridgehead atoms. The van der Waals surface area contributed by atoms with E-state index < -0.39 is 5.97 Å². The first-order valence-corrected chi connectivity index (χ1v) is 6.76. The number of carboxylic acids is 1. The van der Waals surface area contributed by atoms with Gasteiger partial charge < -0.3 is 14.6 Å². The van der Waals surface area contributed by atoms with Crippen molar-refractivity contribution < 1.29 is 19.4 Å². The largest absolute Gasteiger partial charge is 0.481 e. The highest BCUT2D eigenvalue weighted by molar-refractivity contribution is 9.10. The molecule has 0 saturated heterocycles. The van der Waals surface area contributed by atoms with Gasteiger partial charge in [0.1, 0.15) is 0 Å². The lowest BCUT2D eigenvalue weighted by Crippen LogP contribution is -2.09. The van der Waals surface area contributed by atoms with E-state index in [0.29, 0.717) is 11.7 Å². The van der Waals surface area contributed by atoms with Crippen molar-refractivity contribution in [3.05, 3.63) is 22.2 Å². The predicted molar refractivity (Wildman–Crippen MR) is 68.0 cm³/mol. The summed E-state index contributed by atoms with van der Waals surface area (Å²) >= 11 is 3.52. The number of carboxylic acid groups (broad SMARTS) is 1. The number of ether oxygens (including phenoxy) is 2. The Hall–Kier alpha value is -1.23. The Morgan fingerprint density at radius 2 is 2.22 bits per heavy atom. The fraction of sp³-hybridized carbons (Fsp3) is 0.462. The van der Waals surface area contributed by atoms with Gasteiger partial charge in [-0.05, 0) is 52.2 Å². The minimum Gasteiger partial charge on any atom is -0.481 e. The molecule has 1 aliphatic heterocycles. The zero-order valence-corrected chi connectivity index (χ0v) is 11.3. The quantitative estimate of drug-likeness (QED) is 0.928. The topological polar surface area (TPSA) is 55.8 Å². The Labute approximate surface area is 113 Å². The van der Waals surface area contributed by atoms with Crippen LogP contribution in [0.3, 0.4) is 0 Å². The summed E-state index contributed by atoms with van der Waals surface area (Å²) in [7, 11) is 0. The zero-order chi connectivity index (χ0) is 12.7. The zero-order valence-electron chi connectivity index (χ0n) is 9.69. The molecule has 1 saturated carbocycles. The van der Waals surface area contributed by atoms with Gasteiger partial charge in [-0.2, -0.15) is 0 Å². The van der Waals surface area contributed by atoms with E-state index in [1.54, 1.807) is 0 Å². The van der Waals surface area contributed by atoms with Crippen molar-refractivity contribution in [3.63, 3.8) is 0 Å². The predicted octanol–water partition coefficient (Wildman–Crippen LogP) is 3.15. The van der Waals surface area contributed by atoms with Gasteiger partial charge in [-0.15, -0.1) is 0 Å². The Balaban J connectivity index is 1.96. The minimum atomic E-state index is -0.753. The van der Waals surface area contributed by atoms with Crippen LogP contribution in [0.1, 0.15) is 30.7 Å². The maximum absolute atomic E-state index is 11.0. The average molecular weight is 313 g/mol. The van der Waals surface area contributed by atoms with Crippen LogP contribution < -0.4 is 9.47 Å². The summed E-state index contributed by atoms with van der Waals surface area (Å²) in [6, 6.07) is 3.81. The second-order valence-corrected chi connectivity index (χ2v) is 5.54. The number of hydrogen-bond acceptors (Lipinski definition) is 3. The van der Waals surface area contributed by atoms with Gasteiger partial charge in [0.25, 0.3) is 0 Å². The summed E-state index contributed by atoms with van der Waals surface area (Å²) in [6.07, 6.45) is 2.39. The summed E-state index contributed by atoms with van der Waals surface area (Å²) in [5, 5.41) is 9.03. The molecule has 3 rings (SSSR count). The fourth-order valence-electron chi connectivity index (χ4n) is 2.46. The molecule has 0 spiro atoms. The molecule has 96 valence electrons. The second kappa shape index (κ2) is 4.46. The normalized spacial score (nSPS) is 18.7. The molecule has 5 heteroatoms. The number of halogens is 1. The molecule has 4 nitrogen and oxygen atoms in total. The van der Waals surface area contributed by atoms with Crippen molar-refractivity contribution in [3.8, 4) is 11.5 Å². The number of rotatable bonds is 4. The molecule has 18 heavy (non-hydrogen) atoms.